The zero-order valence-corrected chi connectivity index (χ0v) is 18.9. The lowest BCUT2D eigenvalue weighted by atomic mass is 9.90. The van der Waals surface area contributed by atoms with Gasteiger partial charge in [-0.1, -0.05) is 55.8 Å². The first-order valence-corrected chi connectivity index (χ1v) is 11.9. The van der Waals surface area contributed by atoms with Crippen LogP contribution in [-0.4, -0.2) is 45.5 Å². The highest BCUT2D eigenvalue weighted by Crippen LogP contribution is 2.48. The summed E-state index contributed by atoms with van der Waals surface area (Å²) in [5, 5.41) is 31.3. The number of rotatable bonds is 5. The summed E-state index contributed by atoms with van der Waals surface area (Å²) in [7, 11) is 0. The van der Waals surface area contributed by atoms with Crippen LogP contribution in [0.1, 0.15) is 54.2 Å². The molecule has 0 spiro atoms. The van der Waals surface area contributed by atoms with E-state index in [0.29, 0.717) is 11.7 Å². The van der Waals surface area contributed by atoms with Gasteiger partial charge in [-0.05, 0) is 47.1 Å². The number of halogens is 1. The molecule has 0 bridgehead atoms. The second-order valence-electron chi connectivity index (χ2n) is 8.37. The fourth-order valence-corrected chi connectivity index (χ4v) is 6.08. The summed E-state index contributed by atoms with van der Waals surface area (Å²) >= 11 is 8.65. The molecule has 3 N–H and O–H groups in total. The molecular formula is C24H29ClO4S. The molecular weight excluding hydrogens is 420 g/mol. The van der Waals surface area contributed by atoms with E-state index in [0.717, 1.165) is 45.9 Å². The van der Waals surface area contributed by atoms with E-state index in [1.54, 1.807) is 11.8 Å². The van der Waals surface area contributed by atoms with Gasteiger partial charge in [-0.15, -0.1) is 11.8 Å². The first-order valence-electron chi connectivity index (χ1n) is 10.6. The van der Waals surface area contributed by atoms with Crippen molar-refractivity contribution in [3.05, 3.63) is 63.2 Å². The zero-order chi connectivity index (χ0) is 21.4. The van der Waals surface area contributed by atoms with Crippen LogP contribution >= 0.6 is 23.4 Å². The van der Waals surface area contributed by atoms with Gasteiger partial charge in [0, 0.05) is 21.6 Å². The van der Waals surface area contributed by atoms with Crippen LogP contribution in [-0.2, 0) is 24.0 Å². The Bertz CT molecular complexity index is 901. The van der Waals surface area contributed by atoms with Gasteiger partial charge in [0.15, 0.2) is 0 Å². The number of benzene rings is 2. The van der Waals surface area contributed by atoms with E-state index < -0.39 is 18.3 Å². The van der Waals surface area contributed by atoms with Crippen LogP contribution in [0.15, 0.2) is 35.2 Å². The third-order valence-electron chi connectivity index (χ3n) is 6.15. The van der Waals surface area contributed by atoms with Crippen molar-refractivity contribution in [3.8, 4) is 0 Å². The summed E-state index contributed by atoms with van der Waals surface area (Å²) in [6.07, 6.45) is -0.247. The summed E-state index contributed by atoms with van der Waals surface area (Å²) in [5.41, 5.74) is 5.72. The van der Waals surface area contributed by atoms with Crippen molar-refractivity contribution >= 4 is 23.4 Å². The predicted octanol–water partition coefficient (Wildman–Crippen LogP) is 4.07. The molecule has 30 heavy (non-hydrogen) atoms. The molecule has 2 aromatic carbocycles. The molecule has 0 aromatic heterocycles. The average molecular weight is 449 g/mol. The Morgan fingerprint density at radius 1 is 1.17 bits per heavy atom. The van der Waals surface area contributed by atoms with E-state index in [1.807, 2.05) is 0 Å². The number of hydrogen-bond donors (Lipinski definition) is 3. The van der Waals surface area contributed by atoms with Gasteiger partial charge in [-0.2, -0.15) is 0 Å². The second-order valence-corrected chi connectivity index (χ2v) is 10.2. The van der Waals surface area contributed by atoms with Gasteiger partial charge in [0.1, 0.15) is 12.2 Å². The van der Waals surface area contributed by atoms with E-state index in [2.05, 4.69) is 44.2 Å². The molecule has 1 saturated heterocycles. The number of aliphatic hydroxyl groups is 3. The van der Waals surface area contributed by atoms with E-state index >= 15 is 0 Å². The molecule has 0 radical (unpaired) electrons. The van der Waals surface area contributed by atoms with Crippen LogP contribution < -0.4 is 0 Å². The minimum absolute atomic E-state index is 0.297. The summed E-state index contributed by atoms with van der Waals surface area (Å²) in [6.45, 7) is 4.00. The Labute approximate surface area is 187 Å². The Balaban J connectivity index is 1.71. The summed E-state index contributed by atoms with van der Waals surface area (Å²) in [6, 6.07) is 10.7. The lowest BCUT2D eigenvalue weighted by Crippen LogP contribution is -2.47. The van der Waals surface area contributed by atoms with Crippen LogP contribution in [0.2, 0.25) is 5.02 Å². The molecule has 4 rings (SSSR count). The fourth-order valence-electron chi connectivity index (χ4n) is 4.42. The molecule has 2 heterocycles. The smallest absolute Gasteiger partial charge is 0.110 e. The second kappa shape index (κ2) is 9.19. The normalized spacial score (nSPS) is 28.5. The number of aliphatic hydroxyl groups excluding tert-OH is 3. The SMILES string of the molecule is CCc1ccc(Cc2cc(C3CC(O)[C@H](O)C(CO)O3)c3c(c2Cl)CC(C)S3)cc1. The lowest BCUT2D eigenvalue weighted by Gasteiger charge is -2.37. The maximum absolute atomic E-state index is 10.3. The molecule has 1 fully saturated rings. The Morgan fingerprint density at radius 3 is 2.53 bits per heavy atom. The standard InChI is InChI=1S/C24H29ClO4S/c1-3-14-4-6-15(7-5-14)9-16-10-17(24-18(22(16)25)8-13(2)30-24)20-11-19(27)23(28)21(12-26)29-20/h4-7,10,13,19-21,23,26-28H,3,8-9,11-12H2,1-2H3/t13?,19?,20?,21?,23-/m0/s1. The summed E-state index contributed by atoms with van der Waals surface area (Å²) < 4.78 is 6.02. The van der Waals surface area contributed by atoms with Crippen molar-refractivity contribution in [3.63, 3.8) is 0 Å². The minimum atomic E-state index is -1.07. The van der Waals surface area contributed by atoms with E-state index in [4.69, 9.17) is 16.3 Å². The number of ether oxygens (including phenoxy) is 1. The molecule has 2 aromatic rings. The highest BCUT2D eigenvalue weighted by Gasteiger charge is 2.39. The highest BCUT2D eigenvalue weighted by molar-refractivity contribution is 8.00. The maximum Gasteiger partial charge on any atom is 0.110 e. The van der Waals surface area contributed by atoms with E-state index in [9.17, 15) is 15.3 Å². The lowest BCUT2D eigenvalue weighted by molar-refractivity contribution is -0.182. The van der Waals surface area contributed by atoms with E-state index in [1.165, 1.54) is 11.1 Å². The molecule has 0 amide bonds. The third-order valence-corrected chi connectivity index (χ3v) is 7.90. The van der Waals surface area contributed by atoms with Crippen LogP contribution in [0.3, 0.4) is 0 Å². The quantitative estimate of drug-likeness (QED) is 0.643. The average Bonchev–Trinajstić information content (AvgIpc) is 3.14. The summed E-state index contributed by atoms with van der Waals surface area (Å²) in [5.74, 6) is 0. The van der Waals surface area contributed by atoms with Gasteiger partial charge in [0.2, 0.25) is 0 Å². The number of fused-ring (bicyclic) bond motifs is 1. The van der Waals surface area contributed by atoms with Gasteiger partial charge in [0.25, 0.3) is 0 Å². The molecule has 6 heteroatoms. The van der Waals surface area contributed by atoms with Gasteiger partial charge in [-0.25, -0.2) is 0 Å². The molecule has 2 aliphatic heterocycles. The first-order chi connectivity index (χ1) is 14.4. The summed E-state index contributed by atoms with van der Waals surface area (Å²) in [4.78, 5) is 1.13. The first kappa shape index (κ1) is 22.1. The van der Waals surface area contributed by atoms with Gasteiger partial charge < -0.3 is 20.1 Å². The van der Waals surface area contributed by atoms with E-state index in [-0.39, 0.29) is 12.7 Å². The largest absolute Gasteiger partial charge is 0.394 e. The Kier molecular flexibility index (Phi) is 6.78. The van der Waals surface area contributed by atoms with Crippen LogP contribution in [0.25, 0.3) is 0 Å². The van der Waals surface area contributed by atoms with Gasteiger partial charge in [0.05, 0.1) is 18.8 Å². The molecule has 162 valence electrons. The third kappa shape index (κ3) is 4.29. The molecule has 5 atom stereocenters. The van der Waals surface area contributed by atoms with Crippen LogP contribution in [0.5, 0.6) is 0 Å². The molecule has 0 saturated carbocycles. The molecule has 4 unspecified atom stereocenters. The van der Waals surface area contributed by atoms with Crippen molar-refractivity contribution < 1.29 is 20.1 Å². The monoisotopic (exact) mass is 448 g/mol. The van der Waals surface area contributed by atoms with Crippen molar-refractivity contribution in [2.24, 2.45) is 0 Å². The van der Waals surface area contributed by atoms with Crippen LogP contribution in [0, 0.1) is 0 Å². The van der Waals surface area contributed by atoms with Crippen molar-refractivity contribution in [2.45, 2.75) is 74.1 Å². The maximum atomic E-state index is 10.3. The molecule has 4 nitrogen and oxygen atoms in total. The molecule has 2 aliphatic rings. The van der Waals surface area contributed by atoms with Gasteiger partial charge >= 0.3 is 0 Å². The van der Waals surface area contributed by atoms with Crippen LogP contribution in [0.4, 0.5) is 0 Å². The predicted molar refractivity (Wildman–Crippen MR) is 120 cm³/mol. The topological polar surface area (TPSA) is 69.9 Å². The highest BCUT2D eigenvalue weighted by atomic mass is 35.5. The fraction of sp³-hybridized carbons (Fsp3) is 0.500. The zero-order valence-electron chi connectivity index (χ0n) is 17.3. The number of thioether (sulfide) groups is 1. The van der Waals surface area contributed by atoms with Crippen molar-refractivity contribution in [1.29, 1.82) is 0 Å². The minimum Gasteiger partial charge on any atom is -0.394 e. The number of aryl methyl sites for hydroxylation is 1. The number of hydrogen-bond acceptors (Lipinski definition) is 5. The Morgan fingerprint density at radius 2 is 1.87 bits per heavy atom. The van der Waals surface area contributed by atoms with Crippen molar-refractivity contribution in [2.75, 3.05) is 6.61 Å². The molecule has 0 aliphatic carbocycles. The van der Waals surface area contributed by atoms with Gasteiger partial charge in [-0.3, -0.25) is 0 Å². The Hall–Kier alpha value is -1.08. The van der Waals surface area contributed by atoms with Crippen molar-refractivity contribution in [1.82, 2.24) is 0 Å².